The van der Waals surface area contributed by atoms with E-state index in [1.54, 1.807) is 48.5 Å². The second-order valence-corrected chi connectivity index (χ2v) is 9.14. The lowest BCUT2D eigenvalue weighted by Crippen LogP contribution is -2.30. The normalized spacial score (nSPS) is 13.7. The van der Waals surface area contributed by atoms with Gasteiger partial charge >= 0.3 is 0 Å². The molecule has 0 aliphatic carbocycles. The summed E-state index contributed by atoms with van der Waals surface area (Å²) >= 11 is 12.2. The van der Waals surface area contributed by atoms with Crippen LogP contribution in [0.25, 0.3) is 22.6 Å². The number of fused-ring (bicyclic) bond motifs is 1. The van der Waals surface area contributed by atoms with E-state index in [-0.39, 0.29) is 11.3 Å². The van der Waals surface area contributed by atoms with E-state index < -0.39 is 10.8 Å². The lowest BCUT2D eigenvalue weighted by Gasteiger charge is -2.28. The van der Waals surface area contributed by atoms with E-state index in [2.05, 4.69) is 10.3 Å². The molecule has 3 aromatic carbocycles. The number of oxazole rings is 1. The van der Waals surface area contributed by atoms with Gasteiger partial charge in [-0.05, 0) is 61.7 Å². The maximum absolute atomic E-state index is 12.9. The van der Waals surface area contributed by atoms with E-state index in [1.165, 1.54) is 6.07 Å². The fourth-order valence-electron chi connectivity index (χ4n) is 4.23. The molecule has 0 atom stereocenters. The van der Waals surface area contributed by atoms with Gasteiger partial charge in [0.05, 0.1) is 9.95 Å². The van der Waals surface area contributed by atoms with Crippen LogP contribution in [-0.2, 0) is 0 Å². The second kappa shape index (κ2) is 9.56. The van der Waals surface area contributed by atoms with Crippen LogP contribution in [0.1, 0.15) is 29.6 Å². The number of nitrogens with one attached hydrogen (secondary N) is 1. The van der Waals surface area contributed by atoms with E-state index in [0.29, 0.717) is 44.0 Å². The Labute approximate surface area is 210 Å². The summed E-state index contributed by atoms with van der Waals surface area (Å²) in [4.78, 5) is 30.7. The number of halogens is 2. The first-order valence-corrected chi connectivity index (χ1v) is 11.9. The Hall–Kier alpha value is -3.62. The third-order valence-electron chi connectivity index (χ3n) is 5.91. The molecule has 1 aliphatic heterocycles. The molecule has 4 aromatic rings. The number of hydrogen-bond donors (Lipinski definition) is 1. The summed E-state index contributed by atoms with van der Waals surface area (Å²) in [5.74, 6) is -0.135. The van der Waals surface area contributed by atoms with Gasteiger partial charge in [-0.25, -0.2) is 4.98 Å². The summed E-state index contributed by atoms with van der Waals surface area (Å²) in [5.41, 5.74) is 2.72. The smallest absolute Gasteiger partial charge is 0.293 e. The van der Waals surface area contributed by atoms with Crippen molar-refractivity contribution >= 4 is 57.3 Å². The molecule has 1 N–H and O–H groups in total. The summed E-state index contributed by atoms with van der Waals surface area (Å²) in [5, 5.41) is 15.3. The van der Waals surface area contributed by atoms with Crippen molar-refractivity contribution in [2.45, 2.75) is 19.3 Å². The van der Waals surface area contributed by atoms with Gasteiger partial charge in [0.1, 0.15) is 11.2 Å². The van der Waals surface area contributed by atoms with Crippen molar-refractivity contribution in [1.82, 2.24) is 4.98 Å². The molecular weight excluding hydrogens is 491 g/mol. The molecule has 0 unspecified atom stereocenters. The molecule has 5 rings (SSSR count). The number of benzene rings is 3. The molecule has 0 radical (unpaired) electrons. The summed E-state index contributed by atoms with van der Waals surface area (Å²) < 4.78 is 5.80. The molecule has 1 aromatic heterocycles. The first-order chi connectivity index (χ1) is 16.9. The fourth-order valence-corrected chi connectivity index (χ4v) is 4.75. The van der Waals surface area contributed by atoms with Gasteiger partial charge in [-0.2, -0.15) is 0 Å². The number of anilines is 2. The molecule has 8 nitrogen and oxygen atoms in total. The maximum Gasteiger partial charge on any atom is 0.293 e. The van der Waals surface area contributed by atoms with Crippen molar-refractivity contribution in [3.63, 3.8) is 0 Å². The van der Waals surface area contributed by atoms with Gasteiger partial charge in [-0.15, -0.1) is 0 Å². The highest BCUT2D eigenvalue weighted by atomic mass is 35.5. The van der Waals surface area contributed by atoms with E-state index >= 15 is 0 Å². The van der Waals surface area contributed by atoms with Crippen molar-refractivity contribution < 1.29 is 14.1 Å². The van der Waals surface area contributed by atoms with Crippen molar-refractivity contribution in [3.8, 4) is 11.5 Å². The molecule has 0 saturated carbocycles. The highest BCUT2D eigenvalue weighted by molar-refractivity contribution is 6.38. The molecule has 35 heavy (non-hydrogen) atoms. The van der Waals surface area contributed by atoms with E-state index in [9.17, 15) is 14.9 Å². The van der Waals surface area contributed by atoms with Crippen LogP contribution in [0.4, 0.5) is 17.1 Å². The SMILES string of the molecule is O=C(Nc1cccc(-c2nc3cc(Cl)cc(Cl)c3o2)c1)c1ccc(N2CCCCC2)c([N+](=O)[O-])c1. The van der Waals surface area contributed by atoms with Crippen LogP contribution in [0.3, 0.4) is 0 Å². The quantitative estimate of drug-likeness (QED) is 0.230. The Kier molecular flexibility index (Phi) is 6.32. The van der Waals surface area contributed by atoms with Gasteiger partial charge in [0, 0.05) is 41.0 Å². The first-order valence-electron chi connectivity index (χ1n) is 11.1. The number of piperidine rings is 1. The third-order valence-corrected chi connectivity index (χ3v) is 6.41. The monoisotopic (exact) mass is 510 g/mol. The number of carbonyl (C=O) groups is 1. The third kappa shape index (κ3) is 4.80. The van der Waals surface area contributed by atoms with Crippen molar-refractivity contribution in [2.24, 2.45) is 0 Å². The Balaban J connectivity index is 1.40. The van der Waals surface area contributed by atoms with Crippen LogP contribution < -0.4 is 10.2 Å². The zero-order valence-corrected chi connectivity index (χ0v) is 20.0. The van der Waals surface area contributed by atoms with Gasteiger partial charge in [0.2, 0.25) is 5.89 Å². The van der Waals surface area contributed by atoms with Crippen LogP contribution in [-0.4, -0.2) is 28.9 Å². The molecule has 10 heteroatoms. The van der Waals surface area contributed by atoms with Crippen molar-refractivity contribution in [3.05, 3.63) is 80.3 Å². The topological polar surface area (TPSA) is 102 Å². The molecule has 1 saturated heterocycles. The van der Waals surface area contributed by atoms with E-state index in [0.717, 1.165) is 32.4 Å². The Morgan fingerprint density at radius 2 is 1.86 bits per heavy atom. The molecule has 1 amide bonds. The average molecular weight is 511 g/mol. The highest BCUT2D eigenvalue weighted by Gasteiger charge is 2.23. The van der Waals surface area contributed by atoms with Crippen LogP contribution >= 0.6 is 23.2 Å². The minimum atomic E-state index is -0.456. The summed E-state index contributed by atoms with van der Waals surface area (Å²) in [6.07, 6.45) is 3.11. The summed E-state index contributed by atoms with van der Waals surface area (Å²) in [7, 11) is 0. The molecule has 2 heterocycles. The number of nitro benzene ring substituents is 1. The number of nitrogens with zero attached hydrogens (tertiary/aromatic N) is 3. The van der Waals surface area contributed by atoms with Crippen LogP contribution in [0.5, 0.6) is 0 Å². The van der Waals surface area contributed by atoms with E-state index in [1.807, 2.05) is 4.90 Å². The lowest BCUT2D eigenvalue weighted by atomic mass is 10.1. The first kappa shape index (κ1) is 23.1. The lowest BCUT2D eigenvalue weighted by molar-refractivity contribution is -0.384. The molecule has 1 fully saturated rings. The predicted octanol–water partition coefficient (Wildman–Crippen LogP) is 6.95. The van der Waals surface area contributed by atoms with Crippen LogP contribution in [0.2, 0.25) is 10.0 Å². The van der Waals surface area contributed by atoms with Crippen molar-refractivity contribution in [2.75, 3.05) is 23.3 Å². The largest absolute Gasteiger partial charge is 0.435 e. The Morgan fingerprint density at radius 1 is 1.06 bits per heavy atom. The fraction of sp³-hybridized carbons (Fsp3) is 0.200. The Bertz CT molecular complexity index is 1450. The summed E-state index contributed by atoms with van der Waals surface area (Å²) in [6.45, 7) is 1.54. The zero-order chi connectivity index (χ0) is 24.5. The number of aromatic nitrogens is 1. The molecule has 0 spiro atoms. The minimum Gasteiger partial charge on any atom is -0.435 e. The van der Waals surface area contributed by atoms with Gasteiger partial charge < -0.3 is 14.6 Å². The average Bonchev–Trinajstić information content (AvgIpc) is 3.29. The van der Waals surface area contributed by atoms with Crippen molar-refractivity contribution in [1.29, 1.82) is 0 Å². The molecule has 178 valence electrons. The zero-order valence-electron chi connectivity index (χ0n) is 18.5. The highest BCUT2D eigenvalue weighted by Crippen LogP contribution is 2.34. The van der Waals surface area contributed by atoms with E-state index in [4.69, 9.17) is 27.6 Å². The Morgan fingerprint density at radius 3 is 2.63 bits per heavy atom. The second-order valence-electron chi connectivity index (χ2n) is 8.30. The van der Waals surface area contributed by atoms with Crippen LogP contribution in [0, 0.1) is 10.1 Å². The van der Waals surface area contributed by atoms with Gasteiger partial charge in [-0.3, -0.25) is 14.9 Å². The molecule has 0 bridgehead atoms. The van der Waals surface area contributed by atoms with Gasteiger partial charge in [0.15, 0.2) is 5.58 Å². The minimum absolute atomic E-state index is 0.0738. The van der Waals surface area contributed by atoms with Gasteiger partial charge in [0.25, 0.3) is 11.6 Å². The van der Waals surface area contributed by atoms with Gasteiger partial charge in [-0.1, -0.05) is 29.3 Å². The molecule has 1 aliphatic rings. The number of nitro groups is 1. The number of rotatable bonds is 5. The van der Waals surface area contributed by atoms with Crippen LogP contribution in [0.15, 0.2) is 59.0 Å². The maximum atomic E-state index is 12.9. The standard InChI is InChI=1S/C25H20Cl2N4O4/c26-17-13-19(27)23-20(14-17)29-25(35-23)16-5-4-6-18(11-16)28-24(32)15-7-8-21(22(12-15)31(33)34)30-9-2-1-3-10-30/h4-8,11-14H,1-3,9-10H2,(H,28,32). The predicted molar refractivity (Wildman–Crippen MR) is 137 cm³/mol. The number of hydrogen-bond acceptors (Lipinski definition) is 6. The molecular formula is C25H20Cl2N4O4. The number of carbonyl (C=O) groups excluding carboxylic acids is 1. The number of amides is 1. The summed E-state index contributed by atoms with van der Waals surface area (Å²) in [6, 6.07) is 14.8.